The van der Waals surface area contributed by atoms with Crippen molar-refractivity contribution in [2.45, 2.75) is 50.0 Å². The molecule has 0 aliphatic carbocycles. The molecular formula is C39H35N3O2. The molecule has 3 heterocycles. The summed E-state index contributed by atoms with van der Waals surface area (Å²) in [6.45, 7) is 4.31. The summed E-state index contributed by atoms with van der Waals surface area (Å²) >= 11 is 0. The minimum atomic E-state index is -0.755. The van der Waals surface area contributed by atoms with Gasteiger partial charge < -0.3 is 9.47 Å². The van der Waals surface area contributed by atoms with E-state index < -0.39 is 11.2 Å². The molecular weight excluding hydrogens is 542 g/mol. The highest BCUT2D eigenvalue weighted by Gasteiger charge is 2.51. The molecule has 2 atom stereocenters. The van der Waals surface area contributed by atoms with Gasteiger partial charge in [-0.05, 0) is 25.0 Å². The topological polar surface area (TPSA) is 56.1 Å². The lowest BCUT2D eigenvalue weighted by Crippen LogP contribution is -2.39. The Balaban J connectivity index is 1.28. The summed E-state index contributed by atoms with van der Waals surface area (Å²) < 4.78 is 13.9. The smallest absolute Gasteiger partial charge is 0.237 e. The molecule has 2 aliphatic heterocycles. The van der Waals surface area contributed by atoms with Crippen LogP contribution in [0.25, 0.3) is 0 Å². The Labute approximate surface area is 259 Å². The Kier molecular flexibility index (Phi) is 7.31. The van der Waals surface area contributed by atoms with Crippen molar-refractivity contribution < 1.29 is 9.47 Å². The van der Waals surface area contributed by atoms with Crippen molar-refractivity contribution in [2.24, 2.45) is 9.98 Å². The van der Waals surface area contributed by atoms with Crippen molar-refractivity contribution in [3.05, 3.63) is 173 Å². The fourth-order valence-electron chi connectivity index (χ4n) is 6.71. The van der Waals surface area contributed by atoms with Gasteiger partial charge in [0.15, 0.2) is 11.2 Å². The van der Waals surface area contributed by atoms with Crippen LogP contribution < -0.4 is 0 Å². The van der Waals surface area contributed by atoms with Crippen molar-refractivity contribution in [1.82, 2.24) is 4.98 Å². The summed E-state index contributed by atoms with van der Waals surface area (Å²) in [6.07, 6.45) is 1.61. The summed E-state index contributed by atoms with van der Waals surface area (Å²) in [4.78, 5) is 15.4. The molecule has 0 amide bonds. The second-order valence-corrected chi connectivity index (χ2v) is 11.3. The first kappa shape index (κ1) is 27.8. The van der Waals surface area contributed by atoms with Crippen LogP contribution in [0.4, 0.5) is 0 Å². The van der Waals surface area contributed by atoms with E-state index in [9.17, 15) is 0 Å². The molecule has 0 radical (unpaired) electrons. The van der Waals surface area contributed by atoms with E-state index in [0.29, 0.717) is 23.2 Å². The molecule has 5 nitrogen and oxygen atoms in total. The molecule has 0 saturated carbocycles. The molecule has 0 saturated heterocycles. The second kappa shape index (κ2) is 11.6. The molecule has 0 fully saturated rings. The molecule has 5 heteroatoms. The monoisotopic (exact) mass is 577 g/mol. The van der Waals surface area contributed by atoms with E-state index in [1.54, 1.807) is 0 Å². The van der Waals surface area contributed by atoms with Gasteiger partial charge in [-0.3, -0.25) is 0 Å². The van der Waals surface area contributed by atoms with Crippen LogP contribution in [-0.4, -0.2) is 28.9 Å². The summed E-state index contributed by atoms with van der Waals surface area (Å²) in [5, 5.41) is 0. The van der Waals surface area contributed by atoms with Crippen molar-refractivity contribution in [3.63, 3.8) is 0 Å². The van der Waals surface area contributed by atoms with Crippen LogP contribution in [-0.2, 0) is 20.7 Å². The van der Waals surface area contributed by atoms with Crippen LogP contribution in [0.2, 0.25) is 0 Å². The molecule has 1 aromatic heterocycles. The zero-order chi connectivity index (χ0) is 30.0. The third kappa shape index (κ3) is 4.51. The van der Waals surface area contributed by atoms with Gasteiger partial charge in [0.25, 0.3) is 0 Å². The van der Waals surface area contributed by atoms with E-state index in [2.05, 4.69) is 111 Å². The predicted molar refractivity (Wildman–Crippen MR) is 175 cm³/mol. The highest BCUT2D eigenvalue weighted by Crippen LogP contribution is 2.46. The first-order valence-electron chi connectivity index (χ1n) is 15.4. The van der Waals surface area contributed by atoms with Gasteiger partial charge in [-0.15, -0.1) is 0 Å². The number of ether oxygens (including phenoxy) is 2. The molecule has 0 unspecified atom stereocenters. The van der Waals surface area contributed by atoms with Gasteiger partial charge in [0.2, 0.25) is 11.8 Å². The van der Waals surface area contributed by atoms with E-state index in [0.717, 1.165) is 35.1 Å². The van der Waals surface area contributed by atoms with Gasteiger partial charge in [0, 0.05) is 22.3 Å². The molecule has 0 bridgehead atoms. The molecule has 2 aliphatic rings. The number of hydrogen-bond acceptors (Lipinski definition) is 5. The van der Waals surface area contributed by atoms with Crippen LogP contribution in [0.5, 0.6) is 0 Å². The maximum atomic E-state index is 6.96. The molecule has 44 heavy (non-hydrogen) atoms. The summed E-state index contributed by atoms with van der Waals surface area (Å²) in [6, 6.07) is 47.2. The van der Waals surface area contributed by atoms with Crippen molar-refractivity contribution >= 4 is 11.8 Å². The van der Waals surface area contributed by atoms with Crippen LogP contribution in [0.3, 0.4) is 0 Å². The third-order valence-corrected chi connectivity index (χ3v) is 8.77. The number of pyridine rings is 1. The zero-order valence-corrected chi connectivity index (χ0v) is 25.0. The fourth-order valence-corrected chi connectivity index (χ4v) is 6.71. The van der Waals surface area contributed by atoms with Crippen molar-refractivity contribution in [2.75, 3.05) is 0 Å². The molecule has 218 valence electrons. The Hall–Kier alpha value is -5.03. The summed E-state index contributed by atoms with van der Waals surface area (Å²) in [5.41, 5.74) is 4.08. The number of aliphatic imine (C=N–C) groups is 2. The molecule has 0 spiro atoms. The van der Waals surface area contributed by atoms with Crippen LogP contribution in [0, 0.1) is 0 Å². The van der Waals surface area contributed by atoms with E-state index in [4.69, 9.17) is 24.4 Å². The van der Waals surface area contributed by atoms with Gasteiger partial charge in [0.05, 0.1) is 0 Å². The first-order valence-corrected chi connectivity index (χ1v) is 15.4. The number of aromatic nitrogens is 1. The fraction of sp³-hybridized carbons (Fsp3) is 0.205. The molecule has 5 aromatic rings. The third-order valence-electron chi connectivity index (χ3n) is 8.77. The lowest BCUT2D eigenvalue weighted by atomic mass is 9.79. The number of benzene rings is 4. The molecule has 7 rings (SSSR count). The zero-order valence-electron chi connectivity index (χ0n) is 25.0. The minimum Gasteiger partial charge on any atom is -0.458 e. The van der Waals surface area contributed by atoms with Gasteiger partial charge in [-0.25, -0.2) is 15.0 Å². The van der Waals surface area contributed by atoms with Gasteiger partial charge in [-0.1, -0.05) is 141 Å². The van der Waals surface area contributed by atoms with E-state index in [1.807, 2.05) is 42.5 Å². The highest BCUT2D eigenvalue weighted by molar-refractivity contribution is 5.98. The summed E-state index contributed by atoms with van der Waals surface area (Å²) in [5.74, 6) is 1.05. The second-order valence-electron chi connectivity index (χ2n) is 11.3. The minimum absolute atomic E-state index is 0.124. The Morgan fingerprint density at radius 1 is 0.455 bits per heavy atom. The number of hydrogen-bond donors (Lipinski definition) is 0. The Morgan fingerprint density at radius 2 is 0.773 bits per heavy atom. The average Bonchev–Trinajstić information content (AvgIpc) is 3.71. The average molecular weight is 578 g/mol. The predicted octanol–water partition coefficient (Wildman–Crippen LogP) is 8.08. The largest absolute Gasteiger partial charge is 0.458 e. The lowest BCUT2D eigenvalue weighted by molar-refractivity contribution is 0.0956. The van der Waals surface area contributed by atoms with Crippen LogP contribution in [0.15, 0.2) is 150 Å². The summed E-state index contributed by atoms with van der Waals surface area (Å²) in [7, 11) is 0. The highest BCUT2D eigenvalue weighted by atomic mass is 16.5. The van der Waals surface area contributed by atoms with Gasteiger partial charge in [0.1, 0.15) is 23.5 Å². The van der Waals surface area contributed by atoms with E-state index in [1.165, 1.54) is 0 Å². The quantitative estimate of drug-likeness (QED) is 0.187. The number of nitrogens with zero attached hydrogens (tertiary/aromatic N) is 3. The number of rotatable bonds is 8. The van der Waals surface area contributed by atoms with Crippen molar-refractivity contribution in [3.8, 4) is 0 Å². The first-order chi connectivity index (χ1) is 21.7. The van der Waals surface area contributed by atoms with Gasteiger partial charge in [-0.2, -0.15) is 0 Å². The molecule has 4 aromatic carbocycles. The van der Waals surface area contributed by atoms with E-state index in [-0.39, 0.29) is 12.1 Å². The SMILES string of the molecule is CC[C@@H]1N=C(c2cccc(C3=N[C@@H](CC)C(c4ccccc4)(c4ccccc4)O3)n2)OC1(c1ccccc1)c1ccccc1. The van der Waals surface area contributed by atoms with Crippen LogP contribution >= 0.6 is 0 Å². The van der Waals surface area contributed by atoms with Crippen molar-refractivity contribution in [1.29, 1.82) is 0 Å². The Bertz CT molecular complexity index is 1580. The maximum absolute atomic E-state index is 6.96. The van der Waals surface area contributed by atoms with Gasteiger partial charge >= 0.3 is 0 Å². The molecule has 0 N–H and O–H groups in total. The van der Waals surface area contributed by atoms with Crippen LogP contribution in [0.1, 0.15) is 60.3 Å². The maximum Gasteiger partial charge on any atom is 0.237 e. The standard InChI is InChI=1S/C39H35N3O2/c1-3-34-38(28-18-9-5-10-19-28,29-20-11-6-12-21-29)43-36(41-34)32-26-17-27-33(40-32)37-42-35(4-2)39(44-37,30-22-13-7-14-23-30)31-24-15-8-16-25-31/h5-27,34-35H,3-4H2,1-2H3/t34-,35-/m0/s1. The Morgan fingerprint density at radius 3 is 1.07 bits per heavy atom. The normalized spacial score (nSPS) is 19.9. The van der Waals surface area contributed by atoms with E-state index >= 15 is 0 Å². The lowest BCUT2D eigenvalue weighted by Gasteiger charge is -2.34.